The Morgan fingerprint density at radius 3 is 2.77 bits per heavy atom. The molecule has 1 aromatic rings. The van der Waals surface area contributed by atoms with Gasteiger partial charge in [0.2, 0.25) is 11.2 Å². The third-order valence-corrected chi connectivity index (χ3v) is 1.65. The summed E-state index contributed by atoms with van der Waals surface area (Å²) in [6, 6.07) is 0. The van der Waals surface area contributed by atoms with Gasteiger partial charge in [-0.2, -0.15) is 0 Å². The fourth-order valence-electron chi connectivity index (χ4n) is 0.634. The Kier molecular flexibility index (Phi) is 3.22. The highest BCUT2D eigenvalue weighted by molar-refractivity contribution is 6.32. The molecule has 0 atom stereocenters. The van der Waals surface area contributed by atoms with E-state index in [2.05, 4.69) is 9.97 Å². The summed E-state index contributed by atoms with van der Waals surface area (Å²) in [4.78, 5) is 17.7. The number of nitrogens with two attached hydrogens (primary N) is 1. The highest BCUT2D eigenvalue weighted by atomic mass is 35.5. The third kappa shape index (κ3) is 3.01. The van der Waals surface area contributed by atoms with Crippen LogP contribution >= 0.6 is 23.2 Å². The Balaban J connectivity index is 2.96. The van der Waals surface area contributed by atoms with Crippen LogP contribution in [0.25, 0.3) is 6.08 Å². The van der Waals surface area contributed by atoms with Crippen LogP contribution in [0.1, 0.15) is 5.56 Å². The highest BCUT2D eigenvalue weighted by Gasteiger charge is 2.00. The fraction of sp³-hybridized carbons (Fsp3) is 0. The lowest BCUT2D eigenvalue weighted by atomic mass is 10.3. The Morgan fingerprint density at radius 2 is 2.23 bits per heavy atom. The number of amides is 1. The van der Waals surface area contributed by atoms with Crippen molar-refractivity contribution in [3.63, 3.8) is 0 Å². The van der Waals surface area contributed by atoms with Crippen LogP contribution in [0.5, 0.6) is 0 Å². The molecule has 2 N–H and O–H groups in total. The number of hydrogen-bond acceptors (Lipinski definition) is 3. The van der Waals surface area contributed by atoms with E-state index in [9.17, 15) is 4.79 Å². The summed E-state index contributed by atoms with van der Waals surface area (Å²) < 4.78 is 0. The zero-order chi connectivity index (χ0) is 9.84. The molecule has 0 unspecified atom stereocenters. The van der Waals surface area contributed by atoms with Gasteiger partial charge in [-0.25, -0.2) is 9.97 Å². The van der Waals surface area contributed by atoms with Gasteiger partial charge in [0.15, 0.2) is 0 Å². The third-order valence-electron chi connectivity index (χ3n) is 1.17. The van der Waals surface area contributed by atoms with Crippen LogP contribution in [0, 0.1) is 0 Å². The van der Waals surface area contributed by atoms with Crippen molar-refractivity contribution in [2.45, 2.75) is 0 Å². The van der Waals surface area contributed by atoms with Gasteiger partial charge in [-0.1, -0.05) is 11.6 Å². The molecule has 1 rings (SSSR count). The zero-order valence-corrected chi connectivity index (χ0v) is 7.88. The first-order valence-electron chi connectivity index (χ1n) is 3.25. The van der Waals surface area contributed by atoms with Crippen molar-refractivity contribution in [2.24, 2.45) is 5.73 Å². The molecule has 0 aliphatic carbocycles. The predicted molar refractivity (Wildman–Crippen MR) is 50.3 cm³/mol. The van der Waals surface area contributed by atoms with E-state index in [1.54, 1.807) is 0 Å². The lowest BCUT2D eigenvalue weighted by Gasteiger charge is -1.95. The summed E-state index contributed by atoms with van der Waals surface area (Å²) in [5, 5.41) is 0.235. The van der Waals surface area contributed by atoms with Gasteiger partial charge in [-0.3, -0.25) is 4.79 Å². The normalized spacial score (nSPS) is 10.6. The number of primary amides is 1. The Bertz CT molecular complexity index is 365. The number of hydrogen-bond donors (Lipinski definition) is 1. The number of halogens is 2. The molecular formula is C7H5Cl2N3O. The first kappa shape index (κ1) is 9.95. The molecule has 0 saturated heterocycles. The summed E-state index contributed by atoms with van der Waals surface area (Å²) in [5.74, 6) is -0.564. The fourth-order valence-corrected chi connectivity index (χ4v) is 1.00. The van der Waals surface area contributed by atoms with Gasteiger partial charge in [0.05, 0.1) is 0 Å². The predicted octanol–water partition coefficient (Wildman–Crippen LogP) is 1.28. The molecular weight excluding hydrogens is 213 g/mol. The largest absolute Gasteiger partial charge is 0.366 e. The van der Waals surface area contributed by atoms with E-state index in [1.165, 1.54) is 18.3 Å². The summed E-state index contributed by atoms with van der Waals surface area (Å²) in [5.41, 5.74) is 5.38. The van der Waals surface area contributed by atoms with Crippen molar-refractivity contribution in [3.05, 3.63) is 28.3 Å². The summed E-state index contributed by atoms with van der Waals surface area (Å²) in [6.45, 7) is 0. The molecule has 13 heavy (non-hydrogen) atoms. The molecule has 6 heteroatoms. The zero-order valence-electron chi connectivity index (χ0n) is 6.37. The number of aromatic nitrogens is 2. The minimum absolute atomic E-state index is 0.0567. The minimum atomic E-state index is -0.564. The molecule has 1 amide bonds. The van der Waals surface area contributed by atoms with Gasteiger partial charge in [0.25, 0.3) is 0 Å². The van der Waals surface area contributed by atoms with Crippen molar-refractivity contribution in [2.75, 3.05) is 0 Å². The number of nitrogens with zero attached hydrogens (tertiary/aromatic N) is 2. The SMILES string of the molecule is NC(=O)C=Cc1cnc(Cl)nc1Cl. The smallest absolute Gasteiger partial charge is 0.241 e. The number of carbonyl (C=O) groups is 1. The number of carbonyl (C=O) groups excluding carboxylic acids is 1. The topological polar surface area (TPSA) is 68.9 Å². The molecule has 0 saturated carbocycles. The van der Waals surface area contributed by atoms with Crippen LogP contribution in [-0.2, 0) is 4.79 Å². The maximum atomic E-state index is 10.4. The van der Waals surface area contributed by atoms with Crippen molar-refractivity contribution < 1.29 is 4.79 Å². The summed E-state index contributed by atoms with van der Waals surface area (Å²) >= 11 is 11.1. The van der Waals surface area contributed by atoms with Gasteiger partial charge in [0, 0.05) is 17.8 Å². The van der Waals surface area contributed by atoms with Gasteiger partial charge in [0.1, 0.15) is 5.15 Å². The van der Waals surface area contributed by atoms with Crippen LogP contribution in [0.2, 0.25) is 10.4 Å². The maximum Gasteiger partial charge on any atom is 0.241 e. The molecule has 0 radical (unpaired) electrons. The Labute approximate surface area is 84.4 Å². The van der Waals surface area contributed by atoms with Gasteiger partial charge in [-0.05, 0) is 17.7 Å². The minimum Gasteiger partial charge on any atom is -0.366 e. The van der Waals surface area contributed by atoms with Crippen LogP contribution in [0.3, 0.4) is 0 Å². The monoisotopic (exact) mass is 217 g/mol. The van der Waals surface area contributed by atoms with Crippen LogP contribution in [0.15, 0.2) is 12.3 Å². The average Bonchev–Trinajstić information content (AvgIpc) is 2.02. The van der Waals surface area contributed by atoms with Gasteiger partial charge < -0.3 is 5.73 Å². The van der Waals surface area contributed by atoms with E-state index < -0.39 is 5.91 Å². The molecule has 68 valence electrons. The molecule has 4 nitrogen and oxygen atoms in total. The van der Waals surface area contributed by atoms with E-state index >= 15 is 0 Å². The molecule has 0 fully saturated rings. The Morgan fingerprint density at radius 1 is 1.54 bits per heavy atom. The average molecular weight is 218 g/mol. The van der Waals surface area contributed by atoms with Gasteiger partial charge in [-0.15, -0.1) is 0 Å². The van der Waals surface area contributed by atoms with Crippen molar-refractivity contribution in [1.29, 1.82) is 0 Å². The molecule has 1 aromatic heterocycles. The summed E-state index contributed by atoms with van der Waals surface area (Å²) in [7, 11) is 0. The van der Waals surface area contributed by atoms with Gasteiger partial charge >= 0.3 is 0 Å². The quantitative estimate of drug-likeness (QED) is 0.461. The molecule has 0 bridgehead atoms. The van der Waals surface area contributed by atoms with Crippen molar-refractivity contribution >= 4 is 35.2 Å². The summed E-state index contributed by atoms with van der Waals surface area (Å²) in [6.07, 6.45) is 3.98. The molecule has 1 heterocycles. The first-order chi connectivity index (χ1) is 6.09. The van der Waals surface area contributed by atoms with Crippen LogP contribution in [-0.4, -0.2) is 15.9 Å². The molecule has 0 spiro atoms. The second-order valence-corrected chi connectivity index (χ2v) is 2.82. The molecule has 0 aliphatic rings. The van der Waals surface area contributed by atoms with Crippen molar-refractivity contribution in [1.82, 2.24) is 9.97 Å². The molecule has 0 aromatic carbocycles. The van der Waals surface area contributed by atoms with E-state index in [0.717, 1.165) is 0 Å². The molecule has 0 aliphatic heterocycles. The maximum absolute atomic E-state index is 10.4. The van der Waals surface area contributed by atoms with E-state index in [1.807, 2.05) is 0 Å². The highest BCUT2D eigenvalue weighted by Crippen LogP contribution is 2.15. The van der Waals surface area contributed by atoms with E-state index in [-0.39, 0.29) is 10.4 Å². The number of rotatable bonds is 2. The lowest BCUT2D eigenvalue weighted by molar-refractivity contribution is -0.113. The standard InChI is InChI=1S/C7H5Cl2N3O/c8-6-4(1-2-5(10)13)3-11-7(9)12-6/h1-3H,(H2,10,13). The van der Waals surface area contributed by atoms with E-state index in [0.29, 0.717) is 5.56 Å². The second-order valence-electron chi connectivity index (χ2n) is 2.12. The Hall–Kier alpha value is -1.13. The van der Waals surface area contributed by atoms with Crippen LogP contribution < -0.4 is 5.73 Å². The lowest BCUT2D eigenvalue weighted by Crippen LogP contribution is -2.05. The van der Waals surface area contributed by atoms with Crippen molar-refractivity contribution in [3.8, 4) is 0 Å². The second kappa shape index (κ2) is 4.20. The van der Waals surface area contributed by atoms with E-state index in [4.69, 9.17) is 28.9 Å². The first-order valence-corrected chi connectivity index (χ1v) is 4.01. The van der Waals surface area contributed by atoms with Crippen LogP contribution in [0.4, 0.5) is 0 Å².